The molecule has 0 atom stereocenters. The predicted molar refractivity (Wildman–Crippen MR) is 106 cm³/mol. The maximum Gasteiger partial charge on any atom is 0.325 e. The standard InChI is InChI=1S/C19H15N3O7S/c1-27-17(23)10-21-13-9-12(22(25)26)3-5-16(13)30-19(21)20-18(24)11-2-4-14-15(8-11)29-7-6-28-14/h2-5,8-9H,6-7,10H2,1H3. The van der Waals surface area contributed by atoms with E-state index in [2.05, 4.69) is 4.99 Å². The van der Waals surface area contributed by atoms with Crippen LogP contribution in [0.3, 0.4) is 0 Å². The Morgan fingerprint density at radius 2 is 1.97 bits per heavy atom. The molecule has 0 saturated heterocycles. The van der Waals surface area contributed by atoms with E-state index in [-0.39, 0.29) is 22.6 Å². The fourth-order valence-corrected chi connectivity index (χ4v) is 3.94. The van der Waals surface area contributed by atoms with E-state index in [1.165, 1.54) is 23.8 Å². The molecule has 154 valence electrons. The summed E-state index contributed by atoms with van der Waals surface area (Å²) in [6, 6.07) is 8.99. The number of nitrogens with zero attached hydrogens (tertiary/aromatic N) is 3. The maximum absolute atomic E-state index is 12.8. The Morgan fingerprint density at radius 3 is 2.70 bits per heavy atom. The molecule has 0 unspecified atom stereocenters. The molecule has 10 nitrogen and oxygen atoms in total. The number of nitro groups is 1. The van der Waals surface area contributed by atoms with Crippen molar-refractivity contribution in [1.82, 2.24) is 4.57 Å². The van der Waals surface area contributed by atoms with Crippen LogP contribution >= 0.6 is 11.3 Å². The minimum Gasteiger partial charge on any atom is -0.486 e. The number of rotatable bonds is 4. The number of esters is 1. The zero-order valence-electron chi connectivity index (χ0n) is 15.7. The van der Waals surface area contributed by atoms with Crippen LogP contribution in [-0.4, -0.2) is 41.7 Å². The highest BCUT2D eigenvalue weighted by molar-refractivity contribution is 7.16. The summed E-state index contributed by atoms with van der Waals surface area (Å²) in [6.45, 7) is 0.576. The van der Waals surface area contributed by atoms with Crippen LogP contribution in [0.4, 0.5) is 5.69 Å². The van der Waals surface area contributed by atoms with Crippen molar-refractivity contribution in [1.29, 1.82) is 0 Å². The van der Waals surface area contributed by atoms with E-state index in [0.29, 0.717) is 34.9 Å². The van der Waals surface area contributed by atoms with Crippen molar-refractivity contribution >= 4 is 39.1 Å². The lowest BCUT2D eigenvalue weighted by atomic mass is 10.2. The van der Waals surface area contributed by atoms with Gasteiger partial charge in [0.25, 0.3) is 11.6 Å². The zero-order chi connectivity index (χ0) is 21.3. The summed E-state index contributed by atoms with van der Waals surface area (Å²) in [5, 5.41) is 11.1. The number of benzene rings is 2. The lowest BCUT2D eigenvalue weighted by Crippen LogP contribution is -2.22. The van der Waals surface area contributed by atoms with Crippen molar-refractivity contribution in [3.05, 3.63) is 56.9 Å². The summed E-state index contributed by atoms with van der Waals surface area (Å²) >= 11 is 1.14. The second kappa shape index (κ2) is 7.95. The van der Waals surface area contributed by atoms with Crippen LogP contribution in [0.1, 0.15) is 10.4 Å². The molecule has 0 fully saturated rings. The number of fused-ring (bicyclic) bond motifs is 2. The second-order valence-corrected chi connectivity index (χ2v) is 7.24. The first-order valence-corrected chi connectivity index (χ1v) is 9.61. The molecule has 0 spiro atoms. The van der Waals surface area contributed by atoms with Gasteiger partial charge in [0.2, 0.25) is 0 Å². The minimum absolute atomic E-state index is 0.136. The molecule has 2 heterocycles. The maximum atomic E-state index is 12.8. The van der Waals surface area contributed by atoms with Crippen LogP contribution < -0.4 is 14.3 Å². The molecular weight excluding hydrogens is 414 g/mol. The van der Waals surface area contributed by atoms with Gasteiger partial charge in [0.1, 0.15) is 19.8 Å². The number of carbonyl (C=O) groups excluding carboxylic acids is 2. The summed E-state index contributed by atoms with van der Waals surface area (Å²) in [5.74, 6) is -0.120. The summed E-state index contributed by atoms with van der Waals surface area (Å²) < 4.78 is 17.7. The molecule has 30 heavy (non-hydrogen) atoms. The van der Waals surface area contributed by atoms with Gasteiger partial charge in [-0.15, -0.1) is 0 Å². The lowest BCUT2D eigenvalue weighted by molar-refractivity contribution is -0.384. The number of hydrogen-bond acceptors (Lipinski definition) is 8. The normalized spacial score (nSPS) is 13.3. The molecule has 1 aliphatic heterocycles. The van der Waals surface area contributed by atoms with Crippen molar-refractivity contribution in [2.24, 2.45) is 4.99 Å². The van der Waals surface area contributed by atoms with Crippen molar-refractivity contribution < 1.29 is 28.7 Å². The number of methoxy groups -OCH3 is 1. The molecule has 0 radical (unpaired) electrons. The van der Waals surface area contributed by atoms with Gasteiger partial charge in [-0.25, -0.2) is 0 Å². The van der Waals surface area contributed by atoms with Gasteiger partial charge < -0.3 is 18.8 Å². The van der Waals surface area contributed by atoms with Crippen LogP contribution in [0, 0.1) is 10.1 Å². The van der Waals surface area contributed by atoms with Gasteiger partial charge in [0.05, 0.1) is 22.2 Å². The fraction of sp³-hybridized carbons (Fsp3) is 0.211. The van der Waals surface area contributed by atoms with Crippen LogP contribution in [0.5, 0.6) is 11.5 Å². The molecule has 4 rings (SSSR count). The lowest BCUT2D eigenvalue weighted by Gasteiger charge is -2.18. The highest BCUT2D eigenvalue weighted by atomic mass is 32.1. The fourth-order valence-electron chi connectivity index (χ4n) is 2.93. The van der Waals surface area contributed by atoms with E-state index in [0.717, 1.165) is 11.3 Å². The molecule has 0 aliphatic carbocycles. The van der Waals surface area contributed by atoms with E-state index in [1.807, 2.05) is 0 Å². The Balaban J connectivity index is 1.81. The van der Waals surface area contributed by atoms with Crippen LogP contribution in [-0.2, 0) is 16.1 Å². The third-order valence-corrected chi connectivity index (χ3v) is 5.44. The van der Waals surface area contributed by atoms with E-state index < -0.39 is 16.8 Å². The molecule has 0 saturated carbocycles. The molecule has 2 aromatic carbocycles. The third kappa shape index (κ3) is 3.74. The van der Waals surface area contributed by atoms with E-state index >= 15 is 0 Å². The Kier molecular flexibility index (Phi) is 5.19. The van der Waals surface area contributed by atoms with Gasteiger partial charge in [-0.1, -0.05) is 11.3 Å². The number of aromatic nitrogens is 1. The Hall–Kier alpha value is -3.73. The molecule has 1 amide bonds. The summed E-state index contributed by atoms with van der Waals surface area (Å²) in [7, 11) is 1.23. The van der Waals surface area contributed by atoms with Gasteiger partial charge in [-0.05, 0) is 24.3 Å². The average Bonchev–Trinajstić information content (AvgIpc) is 3.09. The monoisotopic (exact) mass is 429 g/mol. The first-order chi connectivity index (χ1) is 14.5. The topological polar surface area (TPSA) is 122 Å². The predicted octanol–water partition coefficient (Wildman–Crippen LogP) is 2.30. The van der Waals surface area contributed by atoms with Gasteiger partial charge in [0.15, 0.2) is 16.3 Å². The molecule has 0 N–H and O–H groups in total. The molecule has 1 aliphatic rings. The summed E-state index contributed by atoms with van der Waals surface area (Å²) in [5.41, 5.74) is 0.559. The highest BCUT2D eigenvalue weighted by Crippen LogP contribution is 2.31. The van der Waals surface area contributed by atoms with Crippen molar-refractivity contribution in [2.45, 2.75) is 6.54 Å². The molecule has 11 heteroatoms. The van der Waals surface area contributed by atoms with Crippen molar-refractivity contribution in [3.63, 3.8) is 0 Å². The summed E-state index contributed by atoms with van der Waals surface area (Å²) in [6.07, 6.45) is 0. The number of thiazole rings is 1. The average molecular weight is 429 g/mol. The largest absolute Gasteiger partial charge is 0.486 e. The number of amides is 1. The minimum atomic E-state index is -0.575. The van der Waals surface area contributed by atoms with E-state index in [4.69, 9.17) is 14.2 Å². The highest BCUT2D eigenvalue weighted by Gasteiger charge is 2.17. The molecule has 1 aromatic heterocycles. The first-order valence-electron chi connectivity index (χ1n) is 8.79. The van der Waals surface area contributed by atoms with Crippen LogP contribution in [0.15, 0.2) is 41.4 Å². The second-order valence-electron chi connectivity index (χ2n) is 6.23. The number of ether oxygens (including phenoxy) is 3. The number of hydrogen-bond donors (Lipinski definition) is 0. The SMILES string of the molecule is COC(=O)Cn1c(=NC(=O)c2ccc3c(c2)OCCO3)sc2ccc([N+](=O)[O-])cc21. The van der Waals surface area contributed by atoms with E-state index in [9.17, 15) is 19.7 Å². The number of non-ortho nitro benzene ring substituents is 1. The van der Waals surface area contributed by atoms with Crippen molar-refractivity contribution in [3.8, 4) is 11.5 Å². The van der Waals surface area contributed by atoms with Gasteiger partial charge >= 0.3 is 5.97 Å². The molecular formula is C19H15N3O7S. The van der Waals surface area contributed by atoms with Crippen molar-refractivity contribution in [2.75, 3.05) is 20.3 Å². The quantitative estimate of drug-likeness (QED) is 0.354. The first kappa shape index (κ1) is 19.6. The number of carbonyl (C=O) groups is 2. The van der Waals surface area contributed by atoms with E-state index in [1.54, 1.807) is 24.3 Å². The summed E-state index contributed by atoms with van der Waals surface area (Å²) in [4.78, 5) is 39.6. The van der Waals surface area contributed by atoms with Crippen LogP contribution in [0.2, 0.25) is 0 Å². The number of nitro benzene ring substituents is 1. The zero-order valence-corrected chi connectivity index (χ0v) is 16.5. The Bertz CT molecular complexity index is 1240. The third-order valence-electron chi connectivity index (χ3n) is 4.38. The molecule has 0 bridgehead atoms. The van der Waals surface area contributed by atoms with Gasteiger partial charge in [-0.3, -0.25) is 19.7 Å². The van der Waals surface area contributed by atoms with Gasteiger partial charge in [0, 0.05) is 17.7 Å². The Morgan fingerprint density at radius 1 is 1.20 bits per heavy atom. The Labute approximate surface area is 173 Å². The van der Waals surface area contributed by atoms with Gasteiger partial charge in [-0.2, -0.15) is 4.99 Å². The van der Waals surface area contributed by atoms with Crippen LogP contribution in [0.25, 0.3) is 10.2 Å². The smallest absolute Gasteiger partial charge is 0.325 e. The molecule has 3 aromatic rings.